The van der Waals surface area contributed by atoms with Gasteiger partial charge in [-0.2, -0.15) is 11.8 Å². The van der Waals surface area contributed by atoms with Crippen LogP contribution in [0.4, 0.5) is 5.69 Å². The van der Waals surface area contributed by atoms with E-state index in [0.717, 1.165) is 18.3 Å². The minimum Gasteiger partial charge on any atom is -0.372 e. The molecule has 2 nitrogen and oxygen atoms in total. The summed E-state index contributed by atoms with van der Waals surface area (Å²) in [4.78, 5) is 2.51. The van der Waals surface area contributed by atoms with Gasteiger partial charge in [0.15, 0.2) is 0 Å². The van der Waals surface area contributed by atoms with Crippen LogP contribution in [-0.4, -0.2) is 31.1 Å². The van der Waals surface area contributed by atoms with Crippen molar-refractivity contribution in [1.29, 1.82) is 0 Å². The van der Waals surface area contributed by atoms with Gasteiger partial charge in [0.2, 0.25) is 0 Å². The molecule has 0 saturated carbocycles. The number of nitrogens with one attached hydrogen (secondary N) is 1. The van der Waals surface area contributed by atoms with Crippen molar-refractivity contribution in [3.05, 3.63) is 29.8 Å². The average Bonchev–Trinajstić information content (AvgIpc) is 2.52. The Labute approximate surface area is 128 Å². The Hall–Kier alpha value is -0.670. The van der Waals surface area contributed by atoms with E-state index >= 15 is 0 Å². The fourth-order valence-electron chi connectivity index (χ4n) is 2.63. The number of benzene rings is 1. The third-order valence-electron chi connectivity index (χ3n) is 4.12. The molecule has 112 valence electrons. The van der Waals surface area contributed by atoms with Gasteiger partial charge in [-0.15, -0.1) is 0 Å². The van der Waals surface area contributed by atoms with Crippen LogP contribution in [0.3, 0.4) is 0 Å². The van der Waals surface area contributed by atoms with Gasteiger partial charge in [0, 0.05) is 30.6 Å². The van der Waals surface area contributed by atoms with E-state index in [-0.39, 0.29) is 0 Å². The van der Waals surface area contributed by atoms with Gasteiger partial charge in [-0.1, -0.05) is 19.1 Å². The van der Waals surface area contributed by atoms with Crippen LogP contribution in [0.5, 0.6) is 0 Å². The third-order valence-corrected chi connectivity index (χ3v) is 5.16. The Morgan fingerprint density at radius 1 is 1.15 bits per heavy atom. The lowest BCUT2D eigenvalue weighted by Crippen LogP contribution is -2.29. The zero-order valence-electron chi connectivity index (χ0n) is 12.9. The molecule has 0 radical (unpaired) electrons. The Morgan fingerprint density at radius 2 is 1.85 bits per heavy atom. The van der Waals surface area contributed by atoms with E-state index in [4.69, 9.17) is 0 Å². The van der Waals surface area contributed by atoms with Crippen molar-refractivity contribution < 1.29 is 0 Å². The summed E-state index contributed by atoms with van der Waals surface area (Å²) >= 11 is 1.94. The molecule has 1 unspecified atom stereocenters. The highest BCUT2D eigenvalue weighted by Gasteiger charge is 2.10. The summed E-state index contributed by atoms with van der Waals surface area (Å²) in [6.07, 6.45) is 7.51. The van der Waals surface area contributed by atoms with Gasteiger partial charge in [-0.25, -0.2) is 0 Å². The van der Waals surface area contributed by atoms with Gasteiger partial charge in [-0.3, -0.25) is 0 Å². The minimum absolute atomic E-state index is 0.754. The molecule has 1 atom stereocenters. The van der Waals surface area contributed by atoms with Crippen LogP contribution in [0.25, 0.3) is 0 Å². The van der Waals surface area contributed by atoms with Crippen LogP contribution in [0, 0.1) is 0 Å². The lowest BCUT2D eigenvalue weighted by Gasteiger charge is -2.28. The number of thioether (sulfide) groups is 1. The highest BCUT2D eigenvalue weighted by molar-refractivity contribution is 7.99. The fourth-order valence-corrected chi connectivity index (χ4v) is 2.99. The minimum atomic E-state index is 0.754. The molecule has 1 N–H and O–H groups in total. The topological polar surface area (TPSA) is 15.3 Å². The van der Waals surface area contributed by atoms with E-state index in [1.807, 2.05) is 11.8 Å². The quantitative estimate of drug-likeness (QED) is 0.767. The first-order chi connectivity index (χ1) is 9.79. The van der Waals surface area contributed by atoms with E-state index in [1.165, 1.54) is 50.0 Å². The van der Waals surface area contributed by atoms with E-state index in [1.54, 1.807) is 0 Å². The Morgan fingerprint density at radius 3 is 2.50 bits per heavy atom. The molecule has 20 heavy (non-hydrogen) atoms. The number of anilines is 1. The van der Waals surface area contributed by atoms with Gasteiger partial charge >= 0.3 is 0 Å². The molecule has 1 saturated heterocycles. The molecule has 1 heterocycles. The molecule has 1 aliphatic heterocycles. The SMILES string of the molecule is CSC(C)CCNCc1ccc(N2CCCCC2)cc1. The first-order valence-electron chi connectivity index (χ1n) is 7.87. The van der Waals surface area contributed by atoms with Crippen molar-refractivity contribution in [2.75, 3.05) is 30.8 Å². The van der Waals surface area contributed by atoms with Crippen molar-refractivity contribution in [1.82, 2.24) is 5.32 Å². The highest BCUT2D eigenvalue weighted by Crippen LogP contribution is 2.20. The Balaban J connectivity index is 1.73. The second kappa shape index (κ2) is 8.58. The van der Waals surface area contributed by atoms with Crippen LogP contribution in [-0.2, 0) is 6.54 Å². The third kappa shape index (κ3) is 5.02. The first-order valence-corrected chi connectivity index (χ1v) is 9.16. The molecule has 2 rings (SSSR count). The second-order valence-corrected chi connectivity index (χ2v) is 7.00. The molecular weight excluding hydrogens is 264 g/mol. The number of hydrogen-bond donors (Lipinski definition) is 1. The van der Waals surface area contributed by atoms with Crippen LogP contribution in [0.15, 0.2) is 24.3 Å². The number of rotatable bonds is 7. The standard InChI is InChI=1S/C17H28N2S/c1-15(20-2)10-11-18-14-16-6-8-17(9-7-16)19-12-4-3-5-13-19/h6-9,15,18H,3-5,10-14H2,1-2H3. The van der Waals surface area contributed by atoms with Crippen LogP contribution in [0.1, 0.15) is 38.2 Å². The van der Waals surface area contributed by atoms with E-state index < -0.39 is 0 Å². The number of piperidine rings is 1. The molecule has 1 aromatic rings. The summed E-state index contributed by atoms with van der Waals surface area (Å²) in [5.74, 6) is 0. The summed E-state index contributed by atoms with van der Waals surface area (Å²) in [7, 11) is 0. The van der Waals surface area contributed by atoms with Crippen molar-refractivity contribution in [2.24, 2.45) is 0 Å². The van der Waals surface area contributed by atoms with E-state index in [9.17, 15) is 0 Å². The zero-order valence-corrected chi connectivity index (χ0v) is 13.7. The summed E-state index contributed by atoms with van der Waals surface area (Å²) < 4.78 is 0. The second-order valence-electron chi connectivity index (χ2n) is 5.73. The van der Waals surface area contributed by atoms with Crippen molar-refractivity contribution >= 4 is 17.4 Å². The average molecular weight is 292 g/mol. The summed E-state index contributed by atoms with van der Waals surface area (Å²) in [5, 5.41) is 4.29. The van der Waals surface area contributed by atoms with Crippen LogP contribution >= 0.6 is 11.8 Å². The van der Waals surface area contributed by atoms with Gasteiger partial charge < -0.3 is 10.2 Å². The van der Waals surface area contributed by atoms with Crippen molar-refractivity contribution in [2.45, 2.75) is 44.4 Å². The zero-order chi connectivity index (χ0) is 14.2. The molecule has 1 aliphatic rings. The Kier molecular flexibility index (Phi) is 6.74. The number of nitrogens with zero attached hydrogens (tertiary/aromatic N) is 1. The fraction of sp³-hybridized carbons (Fsp3) is 0.647. The highest BCUT2D eigenvalue weighted by atomic mass is 32.2. The Bertz CT molecular complexity index is 371. The van der Waals surface area contributed by atoms with Crippen LogP contribution in [0.2, 0.25) is 0 Å². The van der Waals surface area contributed by atoms with Crippen molar-refractivity contribution in [3.8, 4) is 0 Å². The molecule has 1 aromatic carbocycles. The van der Waals surface area contributed by atoms with Crippen molar-refractivity contribution in [3.63, 3.8) is 0 Å². The van der Waals surface area contributed by atoms with Gasteiger partial charge in [-0.05, 0) is 56.2 Å². The van der Waals surface area contributed by atoms with Crippen LogP contribution < -0.4 is 10.2 Å². The molecule has 3 heteroatoms. The first kappa shape index (κ1) is 15.7. The summed E-state index contributed by atoms with van der Waals surface area (Å²) in [5.41, 5.74) is 2.78. The maximum atomic E-state index is 3.54. The molecule has 0 aliphatic carbocycles. The summed E-state index contributed by atoms with van der Waals surface area (Å²) in [6.45, 7) is 6.84. The largest absolute Gasteiger partial charge is 0.372 e. The maximum absolute atomic E-state index is 3.54. The van der Waals surface area contributed by atoms with Gasteiger partial charge in [0.1, 0.15) is 0 Å². The number of hydrogen-bond acceptors (Lipinski definition) is 3. The molecular formula is C17H28N2S. The smallest absolute Gasteiger partial charge is 0.0366 e. The summed E-state index contributed by atoms with van der Waals surface area (Å²) in [6, 6.07) is 9.11. The molecule has 0 bridgehead atoms. The van der Waals surface area contributed by atoms with E-state index in [2.05, 4.69) is 47.7 Å². The maximum Gasteiger partial charge on any atom is 0.0366 e. The predicted octanol–water partition coefficient (Wildman–Crippen LogP) is 3.91. The molecule has 1 fully saturated rings. The van der Waals surface area contributed by atoms with Gasteiger partial charge in [0.05, 0.1) is 0 Å². The normalized spacial score (nSPS) is 17.2. The van der Waals surface area contributed by atoms with Gasteiger partial charge in [0.25, 0.3) is 0 Å². The predicted molar refractivity (Wildman–Crippen MR) is 91.8 cm³/mol. The lowest BCUT2D eigenvalue weighted by atomic mass is 10.1. The molecule has 0 amide bonds. The molecule has 0 spiro atoms. The van der Waals surface area contributed by atoms with E-state index in [0.29, 0.717) is 0 Å². The molecule has 0 aromatic heterocycles. The monoisotopic (exact) mass is 292 g/mol. The lowest BCUT2D eigenvalue weighted by molar-refractivity contribution is 0.577.